The SMILES string of the molecule is CCCCCOC(=O)O[C@]1(C(=O)COC(=O)OCCC)CC[C@H]2[C@@H]3CCC4=CC(=O)CC[C@]4(C)[C@H]3C(=O)C[C@@]21C. The summed E-state index contributed by atoms with van der Waals surface area (Å²) in [4.78, 5) is 65.1. The molecule has 0 unspecified atom stereocenters. The van der Waals surface area contributed by atoms with Gasteiger partial charge in [-0.3, -0.25) is 14.4 Å². The van der Waals surface area contributed by atoms with E-state index < -0.39 is 35.7 Å². The highest BCUT2D eigenvalue weighted by atomic mass is 16.7. The van der Waals surface area contributed by atoms with Gasteiger partial charge in [-0.25, -0.2) is 9.59 Å². The number of carbonyl (C=O) groups excluding carboxylic acids is 5. The number of carbonyl (C=O) groups is 5. The summed E-state index contributed by atoms with van der Waals surface area (Å²) in [5, 5.41) is 0. The van der Waals surface area contributed by atoms with Crippen LogP contribution in [0.3, 0.4) is 0 Å². The molecule has 4 aliphatic carbocycles. The Labute approximate surface area is 236 Å². The van der Waals surface area contributed by atoms with Crippen molar-refractivity contribution in [2.45, 2.75) is 104 Å². The Balaban J connectivity index is 1.62. The van der Waals surface area contributed by atoms with Gasteiger partial charge in [0.1, 0.15) is 5.78 Å². The zero-order valence-corrected chi connectivity index (χ0v) is 24.4. The Morgan fingerprint density at radius 3 is 2.38 bits per heavy atom. The first-order valence-electron chi connectivity index (χ1n) is 15.0. The second kappa shape index (κ2) is 12.0. The summed E-state index contributed by atoms with van der Waals surface area (Å²) in [6.45, 7) is 7.58. The van der Waals surface area contributed by atoms with Crippen LogP contribution >= 0.6 is 0 Å². The van der Waals surface area contributed by atoms with Gasteiger partial charge >= 0.3 is 12.3 Å². The maximum Gasteiger partial charge on any atom is 0.509 e. The molecule has 0 aromatic carbocycles. The predicted octanol–water partition coefficient (Wildman–Crippen LogP) is 5.91. The van der Waals surface area contributed by atoms with E-state index >= 15 is 0 Å². The Morgan fingerprint density at radius 1 is 0.900 bits per heavy atom. The third kappa shape index (κ3) is 5.32. The summed E-state index contributed by atoms with van der Waals surface area (Å²) in [7, 11) is 0. The van der Waals surface area contributed by atoms with E-state index in [1.165, 1.54) is 0 Å². The van der Waals surface area contributed by atoms with Crippen molar-refractivity contribution >= 4 is 29.7 Å². The maximum absolute atomic E-state index is 14.0. The highest BCUT2D eigenvalue weighted by molar-refractivity contribution is 5.95. The number of hydrogen-bond donors (Lipinski definition) is 0. The van der Waals surface area contributed by atoms with Crippen molar-refractivity contribution < 1.29 is 42.9 Å². The molecule has 0 aromatic rings. The van der Waals surface area contributed by atoms with E-state index in [1.807, 2.05) is 20.8 Å². The predicted molar refractivity (Wildman–Crippen MR) is 144 cm³/mol. The summed E-state index contributed by atoms with van der Waals surface area (Å²) in [6, 6.07) is 0. The smallest absolute Gasteiger partial charge is 0.434 e. The van der Waals surface area contributed by atoms with Gasteiger partial charge < -0.3 is 18.9 Å². The van der Waals surface area contributed by atoms with Crippen LogP contribution in [0.5, 0.6) is 0 Å². The Bertz CT molecular complexity index is 1060. The van der Waals surface area contributed by atoms with E-state index in [-0.39, 0.29) is 60.8 Å². The molecule has 222 valence electrons. The number of hydrogen-bond acceptors (Lipinski definition) is 9. The molecule has 0 heterocycles. The van der Waals surface area contributed by atoms with Crippen LogP contribution < -0.4 is 0 Å². The van der Waals surface area contributed by atoms with E-state index in [4.69, 9.17) is 18.9 Å². The van der Waals surface area contributed by atoms with Gasteiger partial charge in [0.2, 0.25) is 5.78 Å². The third-order valence-electron chi connectivity index (χ3n) is 10.2. The topological polar surface area (TPSA) is 122 Å². The molecule has 0 radical (unpaired) electrons. The van der Waals surface area contributed by atoms with Gasteiger partial charge in [-0.05, 0) is 68.3 Å². The van der Waals surface area contributed by atoms with Gasteiger partial charge in [-0.2, -0.15) is 0 Å². The number of rotatable bonds is 10. The Kier molecular flexibility index (Phi) is 9.10. The van der Waals surface area contributed by atoms with Crippen molar-refractivity contribution in [2.24, 2.45) is 28.6 Å². The Morgan fingerprint density at radius 2 is 1.65 bits per heavy atom. The van der Waals surface area contributed by atoms with Crippen molar-refractivity contribution in [1.29, 1.82) is 0 Å². The quantitative estimate of drug-likeness (QED) is 0.237. The molecule has 0 bridgehead atoms. The largest absolute Gasteiger partial charge is 0.509 e. The molecule has 0 N–H and O–H groups in total. The van der Waals surface area contributed by atoms with Crippen LogP contribution in [0.2, 0.25) is 0 Å². The van der Waals surface area contributed by atoms with E-state index in [9.17, 15) is 24.0 Å². The second-order valence-corrected chi connectivity index (χ2v) is 12.5. The average molecular weight is 561 g/mol. The highest BCUT2D eigenvalue weighted by Gasteiger charge is 2.71. The molecule has 4 aliphatic rings. The van der Waals surface area contributed by atoms with Crippen LogP contribution in [-0.4, -0.2) is 55.1 Å². The molecule has 0 saturated heterocycles. The molecule has 3 saturated carbocycles. The zero-order chi connectivity index (χ0) is 29.1. The van der Waals surface area contributed by atoms with E-state index in [2.05, 4.69) is 6.92 Å². The fourth-order valence-corrected chi connectivity index (χ4v) is 8.20. The number of ether oxygens (including phenoxy) is 4. The average Bonchev–Trinajstić information content (AvgIpc) is 3.20. The standard InChI is InChI=1S/C31H44O9/c1-5-7-8-16-38-28(36)40-31(25(34)19-39-27(35)37-15-6-2)14-12-23-22-10-9-20-17-21(32)11-13-29(20,3)26(22)24(33)18-30(23,31)4/h17,22-23,26H,5-16,18-19H2,1-4H3/t22-,23-,26+,29-,30-,31-/m0/s1. The molecular formula is C31H44O9. The zero-order valence-electron chi connectivity index (χ0n) is 24.4. The molecule has 0 aromatic heterocycles. The highest BCUT2D eigenvalue weighted by Crippen LogP contribution is 2.67. The van der Waals surface area contributed by atoms with Gasteiger partial charge in [-0.15, -0.1) is 0 Å². The van der Waals surface area contributed by atoms with Crippen molar-refractivity contribution in [3.05, 3.63) is 11.6 Å². The van der Waals surface area contributed by atoms with Crippen molar-refractivity contribution in [3.8, 4) is 0 Å². The minimum Gasteiger partial charge on any atom is -0.434 e. The normalized spacial score (nSPS) is 34.6. The van der Waals surface area contributed by atoms with E-state index in [0.717, 1.165) is 31.3 Å². The molecule has 9 heteroatoms. The molecule has 0 spiro atoms. The van der Waals surface area contributed by atoms with Crippen molar-refractivity contribution in [1.82, 2.24) is 0 Å². The van der Waals surface area contributed by atoms with Crippen LogP contribution in [0.1, 0.15) is 98.3 Å². The molecule has 40 heavy (non-hydrogen) atoms. The summed E-state index contributed by atoms with van der Waals surface area (Å²) in [6.07, 6.45) is 6.39. The fourth-order valence-electron chi connectivity index (χ4n) is 8.20. The lowest BCUT2D eigenvalue weighted by Gasteiger charge is -2.57. The lowest BCUT2D eigenvalue weighted by Crippen LogP contribution is -2.62. The van der Waals surface area contributed by atoms with E-state index in [0.29, 0.717) is 32.1 Å². The first kappa shape index (κ1) is 30.3. The molecule has 6 atom stereocenters. The summed E-state index contributed by atoms with van der Waals surface area (Å²) in [5.41, 5.74) is -1.96. The maximum atomic E-state index is 14.0. The van der Waals surface area contributed by atoms with Crippen molar-refractivity contribution in [2.75, 3.05) is 19.8 Å². The summed E-state index contributed by atoms with van der Waals surface area (Å²) in [5.74, 6) is -0.716. The van der Waals surface area contributed by atoms with Gasteiger partial charge in [0.05, 0.1) is 13.2 Å². The minimum atomic E-state index is -1.66. The van der Waals surface area contributed by atoms with Crippen LogP contribution in [-0.2, 0) is 33.3 Å². The van der Waals surface area contributed by atoms with Gasteiger partial charge in [0, 0.05) is 24.2 Å². The number of allylic oxidation sites excluding steroid dienone is 1. The van der Waals surface area contributed by atoms with Gasteiger partial charge in [0.25, 0.3) is 0 Å². The molecule has 4 rings (SSSR count). The molecular weight excluding hydrogens is 516 g/mol. The van der Waals surface area contributed by atoms with Gasteiger partial charge in [0.15, 0.2) is 18.0 Å². The number of fused-ring (bicyclic) bond motifs is 5. The first-order chi connectivity index (χ1) is 19.0. The van der Waals surface area contributed by atoms with Crippen molar-refractivity contribution in [3.63, 3.8) is 0 Å². The summed E-state index contributed by atoms with van der Waals surface area (Å²) < 4.78 is 21.4. The monoisotopic (exact) mass is 560 g/mol. The minimum absolute atomic E-state index is 0.00381. The molecule has 0 amide bonds. The Hall–Kier alpha value is -2.71. The van der Waals surface area contributed by atoms with Crippen LogP contribution in [0.15, 0.2) is 11.6 Å². The molecule has 9 nitrogen and oxygen atoms in total. The third-order valence-corrected chi connectivity index (χ3v) is 10.2. The van der Waals surface area contributed by atoms with E-state index in [1.54, 1.807) is 6.08 Å². The lowest BCUT2D eigenvalue weighted by molar-refractivity contribution is -0.175. The fraction of sp³-hybridized carbons (Fsp3) is 0.774. The second-order valence-electron chi connectivity index (χ2n) is 12.5. The molecule has 3 fully saturated rings. The van der Waals surface area contributed by atoms with Crippen LogP contribution in [0, 0.1) is 28.6 Å². The number of unbranched alkanes of at least 4 members (excludes halogenated alkanes) is 2. The van der Waals surface area contributed by atoms with Crippen LogP contribution in [0.4, 0.5) is 9.59 Å². The van der Waals surface area contributed by atoms with Gasteiger partial charge in [-0.1, -0.05) is 46.1 Å². The first-order valence-corrected chi connectivity index (χ1v) is 15.0. The number of ketones is 3. The lowest BCUT2D eigenvalue weighted by atomic mass is 9.46. The summed E-state index contributed by atoms with van der Waals surface area (Å²) >= 11 is 0. The molecule has 0 aliphatic heterocycles. The van der Waals surface area contributed by atoms with Crippen LogP contribution in [0.25, 0.3) is 0 Å². The number of Topliss-reactive ketones (excluding diaryl/α,β-unsaturated/α-hetero) is 2.